The van der Waals surface area contributed by atoms with Gasteiger partial charge in [0, 0.05) is 12.8 Å². The maximum Gasteiger partial charge on any atom is 0.132 e. The van der Waals surface area contributed by atoms with E-state index >= 15 is 0 Å². The van der Waals surface area contributed by atoms with E-state index in [2.05, 4.69) is 27.7 Å². The van der Waals surface area contributed by atoms with Crippen LogP contribution < -0.4 is 0 Å². The van der Waals surface area contributed by atoms with Gasteiger partial charge < -0.3 is 4.74 Å². The van der Waals surface area contributed by atoms with Gasteiger partial charge in [0.25, 0.3) is 0 Å². The number of fused-ring (bicyclic) bond motifs is 3. The monoisotopic (exact) mass is 334 g/mol. The molecule has 0 spiro atoms. The third kappa shape index (κ3) is 3.59. The molecule has 0 bridgehead atoms. The van der Waals surface area contributed by atoms with E-state index in [0.29, 0.717) is 29.3 Å². The molecule has 138 valence electrons. The van der Waals surface area contributed by atoms with Crippen LogP contribution in [0.5, 0.6) is 0 Å². The summed E-state index contributed by atoms with van der Waals surface area (Å²) in [5, 5.41) is 0. The van der Waals surface area contributed by atoms with Crippen molar-refractivity contribution >= 4 is 5.78 Å². The van der Waals surface area contributed by atoms with Gasteiger partial charge in [0.15, 0.2) is 0 Å². The van der Waals surface area contributed by atoms with Crippen molar-refractivity contribution in [2.24, 2.45) is 29.1 Å². The van der Waals surface area contributed by atoms with Crippen LogP contribution in [0.3, 0.4) is 0 Å². The molecule has 0 saturated heterocycles. The zero-order chi connectivity index (χ0) is 17.3. The molecule has 24 heavy (non-hydrogen) atoms. The van der Waals surface area contributed by atoms with Crippen molar-refractivity contribution in [1.82, 2.24) is 0 Å². The molecule has 2 heteroatoms. The molecule has 0 aromatic carbocycles. The lowest BCUT2D eigenvalue weighted by Gasteiger charge is -2.50. The Labute approximate surface area is 149 Å². The van der Waals surface area contributed by atoms with Gasteiger partial charge >= 0.3 is 0 Å². The summed E-state index contributed by atoms with van der Waals surface area (Å²) >= 11 is 0. The van der Waals surface area contributed by atoms with Gasteiger partial charge in [0.05, 0.1) is 12.2 Å². The molecule has 3 aliphatic carbocycles. The Hall–Kier alpha value is -0.370. The quantitative estimate of drug-likeness (QED) is 0.639. The van der Waals surface area contributed by atoms with Crippen molar-refractivity contribution in [1.29, 1.82) is 0 Å². The molecule has 0 heterocycles. The lowest BCUT2D eigenvalue weighted by atomic mass is 9.56. The topological polar surface area (TPSA) is 26.3 Å². The third-order valence-electron chi connectivity index (χ3n) is 7.69. The summed E-state index contributed by atoms with van der Waals surface area (Å²) < 4.78 is 6.36. The maximum absolute atomic E-state index is 12.0. The number of hydrogen-bond acceptors (Lipinski definition) is 2. The van der Waals surface area contributed by atoms with Gasteiger partial charge in [-0.3, -0.25) is 4.79 Å². The van der Waals surface area contributed by atoms with E-state index in [-0.39, 0.29) is 0 Å². The third-order valence-corrected chi connectivity index (χ3v) is 7.69. The highest BCUT2D eigenvalue weighted by atomic mass is 16.5. The van der Waals surface area contributed by atoms with Gasteiger partial charge in [-0.05, 0) is 87.9 Å². The predicted octanol–water partition coefficient (Wildman–Crippen LogP) is 5.78. The van der Waals surface area contributed by atoms with Gasteiger partial charge in [0.2, 0.25) is 0 Å². The van der Waals surface area contributed by atoms with E-state index in [1.54, 1.807) is 0 Å². The molecule has 3 rings (SSSR count). The van der Waals surface area contributed by atoms with Crippen LogP contribution in [0.15, 0.2) is 0 Å². The second kappa shape index (κ2) is 7.48. The second-order valence-electron chi connectivity index (χ2n) is 9.53. The Bertz CT molecular complexity index is 443. The molecule has 3 aliphatic rings. The molecule has 0 aromatic heterocycles. The average molecular weight is 335 g/mol. The summed E-state index contributed by atoms with van der Waals surface area (Å²) in [4.78, 5) is 12.0. The number of ketones is 1. The zero-order valence-electron chi connectivity index (χ0n) is 16.4. The Kier molecular flexibility index (Phi) is 5.74. The lowest BCUT2D eigenvalue weighted by molar-refractivity contribution is -0.120. The van der Waals surface area contributed by atoms with Crippen LogP contribution in [0.25, 0.3) is 0 Å². The Balaban J connectivity index is 1.77. The molecule has 0 N–H and O–H groups in total. The smallest absolute Gasteiger partial charge is 0.132 e. The van der Waals surface area contributed by atoms with E-state index in [1.165, 1.54) is 38.5 Å². The first-order valence-electron chi connectivity index (χ1n) is 10.6. The fraction of sp³-hybridized carbons (Fsp3) is 0.955. The van der Waals surface area contributed by atoms with Gasteiger partial charge in [-0.2, -0.15) is 0 Å². The fourth-order valence-corrected chi connectivity index (χ4v) is 6.37. The molecular formula is C22H38O2. The predicted molar refractivity (Wildman–Crippen MR) is 98.9 cm³/mol. The zero-order valence-corrected chi connectivity index (χ0v) is 16.4. The van der Waals surface area contributed by atoms with Gasteiger partial charge in [-0.25, -0.2) is 0 Å². The molecule has 3 fully saturated rings. The Morgan fingerprint density at radius 2 is 1.79 bits per heavy atom. The number of hydrogen-bond donors (Lipinski definition) is 0. The van der Waals surface area contributed by atoms with Crippen LogP contribution in [0.4, 0.5) is 0 Å². The normalized spacial score (nSPS) is 44.2. The van der Waals surface area contributed by atoms with E-state index in [9.17, 15) is 4.79 Å². The lowest BCUT2D eigenvalue weighted by Crippen LogP contribution is -2.46. The second-order valence-corrected chi connectivity index (χ2v) is 9.53. The van der Waals surface area contributed by atoms with E-state index < -0.39 is 0 Å². The average Bonchev–Trinajstić information content (AvgIpc) is 2.85. The van der Waals surface area contributed by atoms with Crippen molar-refractivity contribution in [2.75, 3.05) is 0 Å². The summed E-state index contributed by atoms with van der Waals surface area (Å²) in [6, 6.07) is 0. The first-order chi connectivity index (χ1) is 11.4. The fourth-order valence-electron chi connectivity index (χ4n) is 6.37. The van der Waals surface area contributed by atoms with Crippen LogP contribution in [-0.2, 0) is 9.53 Å². The first kappa shape index (κ1) is 18.4. The minimum Gasteiger partial charge on any atom is -0.375 e. The van der Waals surface area contributed by atoms with E-state index in [1.807, 2.05) is 0 Å². The van der Waals surface area contributed by atoms with E-state index in [0.717, 1.165) is 43.4 Å². The first-order valence-corrected chi connectivity index (χ1v) is 10.6. The number of ether oxygens (including phenoxy) is 1. The SMILES string of the molecule is CC(C)O[C@H]1CCC2[C@@H]3CCCCC(=O)CC[C@H](C)C3CC[C@@]21C. The highest BCUT2D eigenvalue weighted by Crippen LogP contribution is 2.59. The maximum atomic E-state index is 12.0. The van der Waals surface area contributed by atoms with Crippen molar-refractivity contribution in [3.63, 3.8) is 0 Å². The highest BCUT2D eigenvalue weighted by molar-refractivity contribution is 5.78. The standard InChI is InChI=1S/C22H38O2/c1-15(2)24-21-12-11-20-19-8-6-5-7-17(23)10-9-16(3)18(19)13-14-22(20,21)4/h15-16,18-21H,5-14H2,1-4H3/t16-,18?,19+,20?,21-,22-/m0/s1. The number of carbonyl (C=O) groups excluding carboxylic acids is 1. The van der Waals surface area contributed by atoms with Crippen molar-refractivity contribution in [3.05, 3.63) is 0 Å². The molecule has 0 radical (unpaired) electrons. The van der Waals surface area contributed by atoms with Gasteiger partial charge in [0.1, 0.15) is 5.78 Å². The molecule has 3 saturated carbocycles. The minimum absolute atomic E-state index is 0.345. The van der Waals surface area contributed by atoms with Gasteiger partial charge in [-0.1, -0.05) is 20.3 Å². The molecule has 2 unspecified atom stereocenters. The summed E-state index contributed by atoms with van der Waals surface area (Å²) in [6.07, 6.45) is 12.6. The van der Waals surface area contributed by atoms with Crippen LogP contribution in [-0.4, -0.2) is 18.0 Å². The van der Waals surface area contributed by atoms with E-state index in [4.69, 9.17) is 4.74 Å². The molecule has 6 atom stereocenters. The minimum atomic E-state index is 0.345. The molecule has 0 aromatic rings. The van der Waals surface area contributed by atoms with Crippen molar-refractivity contribution in [3.8, 4) is 0 Å². The summed E-state index contributed by atoms with van der Waals surface area (Å²) in [6.45, 7) is 9.32. The van der Waals surface area contributed by atoms with Crippen LogP contribution in [0, 0.1) is 29.1 Å². The number of Topliss-reactive ketones (excluding diaryl/α,β-unsaturated/α-hetero) is 1. The van der Waals surface area contributed by atoms with Crippen LogP contribution >= 0.6 is 0 Å². The van der Waals surface area contributed by atoms with Crippen LogP contribution in [0.2, 0.25) is 0 Å². The van der Waals surface area contributed by atoms with Crippen LogP contribution in [0.1, 0.15) is 91.9 Å². The molecule has 0 amide bonds. The summed E-state index contributed by atoms with van der Waals surface area (Å²) in [5.74, 6) is 3.77. The highest BCUT2D eigenvalue weighted by Gasteiger charge is 2.54. The molecular weight excluding hydrogens is 296 g/mol. The van der Waals surface area contributed by atoms with Crippen molar-refractivity contribution in [2.45, 2.75) is 104 Å². The Morgan fingerprint density at radius 1 is 1.00 bits per heavy atom. The molecule has 0 aliphatic heterocycles. The number of rotatable bonds is 2. The molecule has 2 nitrogen and oxygen atoms in total. The van der Waals surface area contributed by atoms with Crippen molar-refractivity contribution < 1.29 is 9.53 Å². The largest absolute Gasteiger partial charge is 0.375 e. The van der Waals surface area contributed by atoms with Gasteiger partial charge in [-0.15, -0.1) is 0 Å². The summed E-state index contributed by atoms with van der Waals surface area (Å²) in [7, 11) is 0. The summed E-state index contributed by atoms with van der Waals surface area (Å²) in [5.41, 5.74) is 0.394. The number of carbonyl (C=O) groups is 1. The Morgan fingerprint density at radius 3 is 2.54 bits per heavy atom.